The van der Waals surface area contributed by atoms with Crippen LogP contribution < -0.4 is 0 Å². The van der Waals surface area contributed by atoms with Gasteiger partial charge in [-0.3, -0.25) is 4.79 Å². The summed E-state index contributed by atoms with van der Waals surface area (Å²) in [6.07, 6.45) is 3.03. The fraction of sp³-hybridized carbons (Fsp3) is 0.353. The summed E-state index contributed by atoms with van der Waals surface area (Å²) in [5.74, 6) is 1.13. The van der Waals surface area contributed by atoms with Gasteiger partial charge in [-0.1, -0.05) is 19.1 Å². The van der Waals surface area contributed by atoms with Gasteiger partial charge in [0.15, 0.2) is 0 Å². The summed E-state index contributed by atoms with van der Waals surface area (Å²) in [5.41, 5.74) is 3.24. The number of carbonyl (C=O) groups excluding carboxylic acids is 1. The Hall–Kier alpha value is -1.68. The molecule has 1 amide bonds. The number of nitrogens with zero attached hydrogens (tertiary/aromatic N) is 2. The number of carbonyl (C=O) groups is 1. The van der Waals surface area contributed by atoms with Gasteiger partial charge < -0.3 is 9.47 Å². The van der Waals surface area contributed by atoms with Crippen molar-refractivity contribution in [2.75, 3.05) is 12.3 Å². The summed E-state index contributed by atoms with van der Waals surface area (Å²) < 4.78 is 2.10. The molecule has 1 atom stereocenters. The van der Waals surface area contributed by atoms with E-state index in [-0.39, 0.29) is 11.3 Å². The number of aryl methyl sites for hydroxylation is 2. The molecule has 2 heterocycles. The summed E-state index contributed by atoms with van der Waals surface area (Å²) in [7, 11) is 2.03. The monoisotopic (exact) mass is 300 g/mol. The number of thioether (sulfide) groups is 1. The summed E-state index contributed by atoms with van der Waals surface area (Å²) in [5, 5.41) is 0.128. The third kappa shape index (κ3) is 2.72. The third-order valence-electron chi connectivity index (χ3n) is 4.00. The SMILES string of the molecule is CCc1ccc(C(=O)N2CCSC2c2cccn2C)cc1. The first-order valence-corrected chi connectivity index (χ1v) is 8.38. The maximum atomic E-state index is 12.8. The van der Waals surface area contributed by atoms with Crippen LogP contribution in [0.3, 0.4) is 0 Å². The van der Waals surface area contributed by atoms with Gasteiger partial charge in [0.1, 0.15) is 5.37 Å². The van der Waals surface area contributed by atoms with Gasteiger partial charge in [-0.05, 0) is 36.2 Å². The molecule has 1 aromatic heterocycles. The quantitative estimate of drug-likeness (QED) is 0.867. The highest BCUT2D eigenvalue weighted by Crippen LogP contribution is 2.38. The Morgan fingerprint density at radius 2 is 2.05 bits per heavy atom. The smallest absolute Gasteiger partial charge is 0.255 e. The molecule has 2 aromatic rings. The Bertz CT molecular complexity index is 632. The fourth-order valence-electron chi connectivity index (χ4n) is 2.70. The van der Waals surface area contributed by atoms with Crippen LogP contribution in [0.25, 0.3) is 0 Å². The van der Waals surface area contributed by atoms with Crippen LogP contribution in [0.1, 0.15) is 33.9 Å². The zero-order chi connectivity index (χ0) is 14.8. The molecular formula is C17H20N2OS. The van der Waals surface area contributed by atoms with E-state index in [4.69, 9.17) is 0 Å². The van der Waals surface area contributed by atoms with Crippen molar-refractivity contribution in [2.24, 2.45) is 7.05 Å². The van der Waals surface area contributed by atoms with Crippen molar-refractivity contribution < 1.29 is 4.79 Å². The minimum Gasteiger partial charge on any atom is -0.352 e. The molecule has 4 heteroatoms. The normalized spacial score (nSPS) is 18.2. The predicted molar refractivity (Wildman–Crippen MR) is 87.5 cm³/mol. The average molecular weight is 300 g/mol. The van der Waals surface area contributed by atoms with Crippen molar-refractivity contribution in [3.05, 3.63) is 59.4 Å². The molecule has 1 aliphatic rings. The van der Waals surface area contributed by atoms with Crippen LogP contribution in [0, 0.1) is 0 Å². The largest absolute Gasteiger partial charge is 0.352 e. The van der Waals surface area contributed by atoms with Crippen LogP contribution in [0.5, 0.6) is 0 Å². The molecule has 3 nitrogen and oxygen atoms in total. The van der Waals surface area contributed by atoms with Crippen molar-refractivity contribution in [2.45, 2.75) is 18.7 Å². The average Bonchev–Trinajstić information content (AvgIpc) is 3.14. The summed E-state index contributed by atoms with van der Waals surface area (Å²) in [6.45, 7) is 2.94. The zero-order valence-corrected chi connectivity index (χ0v) is 13.3. The second kappa shape index (κ2) is 5.98. The zero-order valence-electron chi connectivity index (χ0n) is 12.5. The first-order valence-electron chi connectivity index (χ1n) is 7.33. The summed E-state index contributed by atoms with van der Waals surface area (Å²) in [6, 6.07) is 12.1. The number of hydrogen-bond donors (Lipinski definition) is 0. The molecule has 0 N–H and O–H groups in total. The molecule has 0 bridgehead atoms. The van der Waals surface area contributed by atoms with E-state index in [1.54, 1.807) is 0 Å². The summed E-state index contributed by atoms with van der Waals surface area (Å²) >= 11 is 1.84. The van der Waals surface area contributed by atoms with E-state index in [1.807, 2.05) is 60.2 Å². The van der Waals surface area contributed by atoms with E-state index in [2.05, 4.69) is 17.6 Å². The molecule has 21 heavy (non-hydrogen) atoms. The Morgan fingerprint density at radius 3 is 2.67 bits per heavy atom. The van der Waals surface area contributed by atoms with Crippen molar-refractivity contribution >= 4 is 17.7 Å². The van der Waals surface area contributed by atoms with Crippen molar-refractivity contribution in [1.29, 1.82) is 0 Å². The van der Waals surface area contributed by atoms with E-state index in [0.717, 1.165) is 24.3 Å². The van der Waals surface area contributed by atoms with Gasteiger partial charge in [-0.15, -0.1) is 11.8 Å². The van der Waals surface area contributed by atoms with Gasteiger partial charge in [-0.2, -0.15) is 0 Å². The highest BCUT2D eigenvalue weighted by molar-refractivity contribution is 7.99. The molecule has 0 spiro atoms. The number of rotatable bonds is 3. The third-order valence-corrected chi connectivity index (χ3v) is 5.23. The first kappa shape index (κ1) is 14.3. The van der Waals surface area contributed by atoms with Gasteiger partial charge in [0, 0.05) is 31.1 Å². The summed E-state index contributed by atoms with van der Waals surface area (Å²) in [4.78, 5) is 14.8. The maximum Gasteiger partial charge on any atom is 0.255 e. The lowest BCUT2D eigenvalue weighted by Crippen LogP contribution is -2.31. The van der Waals surface area contributed by atoms with Gasteiger partial charge >= 0.3 is 0 Å². The van der Waals surface area contributed by atoms with Crippen molar-refractivity contribution in [1.82, 2.24) is 9.47 Å². The molecule has 0 aliphatic carbocycles. The Morgan fingerprint density at radius 1 is 1.29 bits per heavy atom. The van der Waals surface area contributed by atoms with Crippen LogP contribution in [0.4, 0.5) is 0 Å². The lowest BCUT2D eigenvalue weighted by atomic mass is 10.1. The Labute approximate surface area is 130 Å². The molecule has 1 aromatic carbocycles. The highest BCUT2D eigenvalue weighted by atomic mass is 32.2. The molecule has 110 valence electrons. The second-order valence-electron chi connectivity index (χ2n) is 5.32. The molecule has 3 rings (SSSR count). The van der Waals surface area contributed by atoms with Gasteiger partial charge in [0.05, 0.1) is 5.69 Å². The number of hydrogen-bond acceptors (Lipinski definition) is 2. The van der Waals surface area contributed by atoms with Crippen LogP contribution in [-0.2, 0) is 13.5 Å². The van der Waals surface area contributed by atoms with E-state index >= 15 is 0 Å². The molecular weight excluding hydrogens is 280 g/mol. The Kier molecular flexibility index (Phi) is 4.06. The van der Waals surface area contributed by atoms with E-state index in [9.17, 15) is 4.79 Å². The molecule has 1 fully saturated rings. The lowest BCUT2D eigenvalue weighted by Gasteiger charge is -2.24. The molecule has 0 radical (unpaired) electrons. The van der Waals surface area contributed by atoms with E-state index in [0.29, 0.717) is 0 Å². The van der Waals surface area contributed by atoms with Crippen LogP contribution >= 0.6 is 11.8 Å². The Balaban J connectivity index is 1.84. The topological polar surface area (TPSA) is 25.2 Å². The van der Waals surface area contributed by atoms with Gasteiger partial charge in [0.25, 0.3) is 5.91 Å². The molecule has 1 unspecified atom stereocenters. The van der Waals surface area contributed by atoms with Gasteiger partial charge in [0.2, 0.25) is 0 Å². The molecule has 1 saturated heterocycles. The highest BCUT2D eigenvalue weighted by Gasteiger charge is 2.32. The molecule has 1 aliphatic heterocycles. The number of benzene rings is 1. The number of amides is 1. The van der Waals surface area contributed by atoms with Crippen LogP contribution in [-0.4, -0.2) is 27.7 Å². The maximum absolute atomic E-state index is 12.8. The van der Waals surface area contributed by atoms with E-state index in [1.165, 1.54) is 11.3 Å². The minimum atomic E-state index is 0.128. The number of aromatic nitrogens is 1. The second-order valence-corrected chi connectivity index (χ2v) is 6.50. The van der Waals surface area contributed by atoms with Crippen LogP contribution in [0.2, 0.25) is 0 Å². The standard InChI is InChI=1S/C17H20N2OS/c1-3-13-6-8-14(9-7-13)16(20)19-11-12-21-17(19)15-5-4-10-18(15)2/h4-10,17H,3,11-12H2,1-2H3. The fourth-order valence-corrected chi connectivity index (χ4v) is 4.02. The molecule has 0 saturated carbocycles. The van der Waals surface area contributed by atoms with Gasteiger partial charge in [-0.25, -0.2) is 0 Å². The first-order chi connectivity index (χ1) is 10.2. The predicted octanol–water partition coefficient (Wildman–Crippen LogP) is 3.48. The lowest BCUT2D eigenvalue weighted by molar-refractivity contribution is 0.0757. The van der Waals surface area contributed by atoms with E-state index < -0.39 is 0 Å². The van der Waals surface area contributed by atoms with Crippen molar-refractivity contribution in [3.8, 4) is 0 Å². The van der Waals surface area contributed by atoms with Crippen molar-refractivity contribution in [3.63, 3.8) is 0 Å². The minimum absolute atomic E-state index is 0.128. The van der Waals surface area contributed by atoms with Crippen LogP contribution in [0.15, 0.2) is 42.6 Å².